The Bertz CT molecular complexity index is 788. The van der Waals surface area contributed by atoms with Gasteiger partial charge in [0.15, 0.2) is 5.75 Å². The lowest BCUT2D eigenvalue weighted by Gasteiger charge is -2.18. The number of carboxylic acids is 1. The normalized spacial score (nSPS) is 12.3. The molecule has 2 aromatic carbocycles. The minimum Gasteiger partial charge on any atom is -0.481 e. The monoisotopic (exact) mass is 802 g/mol. The van der Waals surface area contributed by atoms with Gasteiger partial charge in [0.05, 0.1) is 13.1 Å². The number of ether oxygens (including phenoxy) is 1. The molecule has 0 saturated heterocycles. The molecule has 0 aliphatic carbocycles. The molecular formula is C19H18I4O3. The number of carboxylic acid groups (broad SMARTS) is 1. The Morgan fingerprint density at radius 3 is 1.92 bits per heavy atom. The van der Waals surface area contributed by atoms with Crippen LogP contribution >= 0.6 is 90.4 Å². The molecule has 26 heavy (non-hydrogen) atoms. The Kier molecular flexibility index (Phi) is 8.72. The predicted octanol–water partition coefficient (Wildman–Crippen LogP) is 7.11. The van der Waals surface area contributed by atoms with Gasteiger partial charge in [-0.05, 0) is 145 Å². The van der Waals surface area contributed by atoms with E-state index in [1.165, 1.54) is 12.7 Å². The van der Waals surface area contributed by atoms with Gasteiger partial charge in [0, 0.05) is 7.14 Å². The molecule has 0 amide bonds. The number of carbonyl (C=O) groups is 1. The first-order valence-corrected chi connectivity index (χ1v) is 12.3. The largest absolute Gasteiger partial charge is 0.481 e. The maximum Gasteiger partial charge on any atom is 0.307 e. The lowest BCUT2D eigenvalue weighted by Crippen LogP contribution is -2.22. The molecule has 0 aliphatic heterocycles. The highest BCUT2D eigenvalue weighted by molar-refractivity contribution is 14.1. The molecule has 0 heterocycles. The number of aliphatic carboxylic acids is 1. The number of halogens is 4. The van der Waals surface area contributed by atoms with Crippen molar-refractivity contribution in [3.8, 4) is 11.5 Å². The van der Waals surface area contributed by atoms with Gasteiger partial charge in [-0.15, -0.1) is 0 Å². The van der Waals surface area contributed by atoms with Crippen molar-refractivity contribution in [2.24, 2.45) is 11.8 Å². The van der Waals surface area contributed by atoms with E-state index in [4.69, 9.17) is 4.74 Å². The first-order valence-electron chi connectivity index (χ1n) is 7.94. The van der Waals surface area contributed by atoms with Crippen LogP contribution in [0.3, 0.4) is 0 Å². The zero-order valence-electron chi connectivity index (χ0n) is 14.4. The average molecular weight is 802 g/mol. The van der Waals surface area contributed by atoms with Gasteiger partial charge in [0.1, 0.15) is 5.75 Å². The molecule has 2 aromatic rings. The van der Waals surface area contributed by atoms with Crippen molar-refractivity contribution in [3.05, 3.63) is 49.7 Å². The van der Waals surface area contributed by atoms with Gasteiger partial charge in [0.2, 0.25) is 0 Å². The van der Waals surface area contributed by atoms with E-state index < -0.39 is 5.97 Å². The van der Waals surface area contributed by atoms with E-state index >= 15 is 0 Å². The van der Waals surface area contributed by atoms with E-state index in [9.17, 15) is 9.90 Å². The van der Waals surface area contributed by atoms with E-state index in [2.05, 4.69) is 97.3 Å². The molecule has 3 nitrogen and oxygen atoms in total. The molecule has 7 heteroatoms. The minimum absolute atomic E-state index is 0.0930. The molecule has 0 bridgehead atoms. The number of benzene rings is 2. The summed E-state index contributed by atoms with van der Waals surface area (Å²) in [6.45, 7) is 6.00. The summed E-state index contributed by atoms with van der Waals surface area (Å²) in [5, 5.41) is 9.44. The quantitative estimate of drug-likeness (QED) is 0.318. The lowest BCUT2D eigenvalue weighted by molar-refractivity contribution is -0.143. The zero-order valence-corrected chi connectivity index (χ0v) is 23.1. The highest BCUT2D eigenvalue weighted by atomic mass is 127. The SMILES string of the molecule is Cc1c(I)cc(Oc2c(I)cc(CC(C(=O)O)C(C)C)cc2I)cc1I. The van der Waals surface area contributed by atoms with Crippen molar-refractivity contribution < 1.29 is 14.6 Å². The van der Waals surface area contributed by atoms with E-state index in [0.717, 1.165) is 24.2 Å². The molecule has 140 valence electrons. The van der Waals surface area contributed by atoms with Crippen LogP contribution in [0.25, 0.3) is 0 Å². The fourth-order valence-corrected chi connectivity index (χ4v) is 6.32. The highest BCUT2D eigenvalue weighted by Gasteiger charge is 2.23. The predicted molar refractivity (Wildman–Crippen MR) is 138 cm³/mol. The minimum atomic E-state index is -0.742. The summed E-state index contributed by atoms with van der Waals surface area (Å²) in [5.74, 6) is 0.610. The van der Waals surface area contributed by atoms with Gasteiger partial charge in [-0.2, -0.15) is 0 Å². The topological polar surface area (TPSA) is 46.5 Å². The van der Waals surface area contributed by atoms with Crippen LogP contribution in [-0.4, -0.2) is 11.1 Å². The summed E-state index contributed by atoms with van der Waals surface area (Å²) < 4.78 is 10.5. The van der Waals surface area contributed by atoms with Crippen molar-refractivity contribution in [1.29, 1.82) is 0 Å². The summed E-state index contributed by atoms with van der Waals surface area (Å²) in [6, 6.07) is 8.13. The molecule has 0 spiro atoms. The Hall–Kier alpha value is 0.630. The number of hydrogen-bond donors (Lipinski definition) is 1. The van der Waals surface area contributed by atoms with Crippen LogP contribution in [0.2, 0.25) is 0 Å². The number of rotatable bonds is 6. The van der Waals surface area contributed by atoms with Gasteiger partial charge >= 0.3 is 5.97 Å². The van der Waals surface area contributed by atoms with E-state index in [-0.39, 0.29) is 11.8 Å². The second-order valence-corrected chi connectivity index (χ2v) is 11.0. The Morgan fingerprint density at radius 1 is 1.00 bits per heavy atom. The third-order valence-corrected chi connectivity index (χ3v) is 7.95. The van der Waals surface area contributed by atoms with Gasteiger partial charge in [0.25, 0.3) is 0 Å². The molecular weight excluding hydrogens is 784 g/mol. The maximum atomic E-state index is 11.5. The summed E-state index contributed by atoms with van der Waals surface area (Å²) >= 11 is 9.17. The van der Waals surface area contributed by atoms with Crippen LogP contribution in [0.1, 0.15) is 25.0 Å². The maximum absolute atomic E-state index is 11.5. The van der Waals surface area contributed by atoms with Gasteiger partial charge < -0.3 is 9.84 Å². The third-order valence-electron chi connectivity index (χ3n) is 4.11. The Labute approximate surface area is 208 Å². The third kappa shape index (κ3) is 5.82. The standard InChI is InChI=1S/C19H18I4O3/c1-9(2)13(19(24)25)4-11-5-16(22)18(17(23)6-11)26-12-7-14(20)10(3)15(21)8-12/h5-9,13H,4H2,1-3H3,(H,24,25). The van der Waals surface area contributed by atoms with Crippen LogP contribution in [0.5, 0.6) is 11.5 Å². The molecule has 0 saturated carbocycles. The van der Waals surface area contributed by atoms with Crippen molar-refractivity contribution in [2.75, 3.05) is 0 Å². The van der Waals surface area contributed by atoms with Crippen LogP contribution in [0.15, 0.2) is 24.3 Å². The second-order valence-electron chi connectivity index (χ2n) is 6.40. The second kappa shape index (κ2) is 9.90. The summed E-state index contributed by atoms with van der Waals surface area (Å²) in [4.78, 5) is 11.5. The molecule has 2 rings (SSSR count). The Balaban J connectivity index is 2.31. The average Bonchev–Trinajstić information content (AvgIpc) is 2.53. The summed E-state index contributed by atoms with van der Waals surface area (Å²) in [5.41, 5.74) is 2.28. The molecule has 0 aromatic heterocycles. The lowest BCUT2D eigenvalue weighted by atomic mass is 9.89. The van der Waals surface area contributed by atoms with Gasteiger partial charge in [-0.25, -0.2) is 0 Å². The summed E-state index contributed by atoms with van der Waals surface area (Å²) in [6.07, 6.45) is 0.527. The van der Waals surface area contributed by atoms with Crippen LogP contribution in [0.4, 0.5) is 0 Å². The van der Waals surface area contributed by atoms with Crippen molar-refractivity contribution >= 4 is 96.3 Å². The van der Waals surface area contributed by atoms with E-state index in [1.54, 1.807) is 0 Å². The van der Waals surface area contributed by atoms with Crippen LogP contribution in [-0.2, 0) is 11.2 Å². The van der Waals surface area contributed by atoms with Crippen molar-refractivity contribution in [1.82, 2.24) is 0 Å². The smallest absolute Gasteiger partial charge is 0.307 e. The Morgan fingerprint density at radius 2 is 1.50 bits per heavy atom. The fourth-order valence-electron chi connectivity index (χ4n) is 2.49. The van der Waals surface area contributed by atoms with Gasteiger partial charge in [-0.3, -0.25) is 4.79 Å². The highest BCUT2D eigenvalue weighted by Crippen LogP contribution is 2.35. The molecule has 1 N–H and O–H groups in total. The van der Waals surface area contributed by atoms with Crippen molar-refractivity contribution in [2.45, 2.75) is 27.2 Å². The van der Waals surface area contributed by atoms with E-state index in [0.29, 0.717) is 6.42 Å². The van der Waals surface area contributed by atoms with Gasteiger partial charge in [-0.1, -0.05) is 13.8 Å². The molecule has 1 unspecified atom stereocenters. The molecule has 1 atom stereocenters. The molecule has 0 aliphatic rings. The van der Waals surface area contributed by atoms with Crippen molar-refractivity contribution in [3.63, 3.8) is 0 Å². The fraction of sp³-hybridized carbons (Fsp3) is 0.316. The first kappa shape index (κ1) is 22.9. The zero-order chi connectivity index (χ0) is 19.6. The van der Waals surface area contributed by atoms with Crippen LogP contribution in [0, 0.1) is 33.0 Å². The molecule has 0 radical (unpaired) electrons. The van der Waals surface area contributed by atoms with Crippen LogP contribution < -0.4 is 4.74 Å². The molecule has 0 fully saturated rings. The number of hydrogen-bond acceptors (Lipinski definition) is 2. The first-order chi connectivity index (χ1) is 12.1. The van der Waals surface area contributed by atoms with E-state index in [1.807, 2.05) is 38.1 Å². The summed E-state index contributed by atoms with van der Waals surface area (Å²) in [7, 11) is 0.